The van der Waals surface area contributed by atoms with Crippen LogP contribution in [-0.4, -0.2) is 116 Å². The van der Waals surface area contributed by atoms with Crippen molar-refractivity contribution in [1.29, 1.82) is 0 Å². The van der Waals surface area contributed by atoms with Crippen LogP contribution in [0.5, 0.6) is 0 Å². The largest absolute Gasteiger partial charge is 0.371 e. The number of imide groups is 1. The molecule has 0 unspecified atom stereocenters. The first kappa shape index (κ1) is 32.2. The maximum atomic E-state index is 13.0. The van der Waals surface area contributed by atoms with E-state index in [0.29, 0.717) is 6.61 Å². The molecule has 16 heteroatoms. The first-order valence-electron chi connectivity index (χ1n) is 14.1. The smallest absolute Gasteiger partial charge is 0.253 e. The zero-order valence-electron chi connectivity index (χ0n) is 23.8. The molecule has 2 fully saturated rings. The lowest BCUT2D eigenvalue weighted by atomic mass is 10.1. The molecule has 1 aromatic carbocycles. The molecule has 16 nitrogen and oxygen atoms in total. The molecule has 0 aromatic heterocycles. The predicted octanol–water partition coefficient (Wildman–Crippen LogP) is -4.01. The Morgan fingerprint density at radius 1 is 0.818 bits per heavy atom. The number of fused-ring (bicyclic) bond motifs is 1. The van der Waals surface area contributed by atoms with Crippen molar-refractivity contribution in [2.75, 3.05) is 39.4 Å². The fourth-order valence-electron chi connectivity index (χ4n) is 4.88. The van der Waals surface area contributed by atoms with Crippen LogP contribution in [0.2, 0.25) is 0 Å². The normalized spacial score (nSPS) is 22.7. The molecule has 0 aliphatic carbocycles. The standard InChI is InChI=1S/C28H35N7O9/c29-17-14-43-27-19(15-44-26(17)27)34-23(39)13-32-28(42)18(10-16-4-2-1-3-5-16)33-22(38)12-31-21(37)11-30-20(36)8-9-35-24(40)6-7-25(35)41/h1-7,17-19,26-27H,8-15,29H2,(H,30,36)(H,31,37)(H,32,42)(H,33,38)(H,34,39)/t17-,18-,19-,26+,27+/m0/s1. The molecule has 236 valence electrons. The lowest BCUT2D eigenvalue weighted by Crippen LogP contribution is -2.53. The van der Waals surface area contributed by atoms with Crippen LogP contribution >= 0.6 is 0 Å². The Kier molecular flexibility index (Phi) is 11.1. The molecule has 5 atom stereocenters. The van der Waals surface area contributed by atoms with E-state index in [9.17, 15) is 33.6 Å². The molecule has 3 aliphatic rings. The third-order valence-electron chi connectivity index (χ3n) is 7.15. The second kappa shape index (κ2) is 15.2. The molecule has 0 bridgehead atoms. The maximum absolute atomic E-state index is 13.0. The molecular weight excluding hydrogens is 578 g/mol. The van der Waals surface area contributed by atoms with Gasteiger partial charge < -0.3 is 41.8 Å². The Balaban J connectivity index is 1.19. The van der Waals surface area contributed by atoms with Crippen molar-refractivity contribution in [3.8, 4) is 0 Å². The van der Waals surface area contributed by atoms with E-state index in [2.05, 4.69) is 26.6 Å². The molecule has 44 heavy (non-hydrogen) atoms. The molecule has 2 saturated heterocycles. The highest BCUT2D eigenvalue weighted by Crippen LogP contribution is 2.25. The van der Waals surface area contributed by atoms with E-state index in [1.54, 1.807) is 30.3 Å². The van der Waals surface area contributed by atoms with E-state index in [0.717, 1.165) is 22.6 Å². The summed E-state index contributed by atoms with van der Waals surface area (Å²) < 4.78 is 11.2. The summed E-state index contributed by atoms with van der Waals surface area (Å²) in [5.74, 6) is -4.03. The minimum absolute atomic E-state index is 0.119. The lowest BCUT2D eigenvalue weighted by molar-refractivity contribution is -0.137. The third kappa shape index (κ3) is 8.92. The second-order valence-corrected chi connectivity index (χ2v) is 10.4. The maximum Gasteiger partial charge on any atom is 0.253 e. The molecule has 1 aromatic rings. The van der Waals surface area contributed by atoms with Crippen molar-refractivity contribution in [2.45, 2.75) is 43.2 Å². The van der Waals surface area contributed by atoms with Gasteiger partial charge in [0.2, 0.25) is 29.5 Å². The summed E-state index contributed by atoms with van der Waals surface area (Å²) in [6, 6.07) is 7.18. The van der Waals surface area contributed by atoms with Crippen molar-refractivity contribution in [1.82, 2.24) is 31.5 Å². The van der Waals surface area contributed by atoms with Gasteiger partial charge in [-0.3, -0.25) is 38.5 Å². The summed E-state index contributed by atoms with van der Waals surface area (Å²) in [5, 5.41) is 12.6. The van der Waals surface area contributed by atoms with Crippen LogP contribution in [0.1, 0.15) is 12.0 Å². The summed E-state index contributed by atoms with van der Waals surface area (Å²) in [7, 11) is 0. The second-order valence-electron chi connectivity index (χ2n) is 10.4. The first-order chi connectivity index (χ1) is 21.1. The Bertz CT molecular complexity index is 1290. The average Bonchev–Trinajstić information content (AvgIpc) is 3.68. The minimum Gasteiger partial charge on any atom is -0.371 e. The van der Waals surface area contributed by atoms with E-state index in [4.69, 9.17) is 15.2 Å². The average molecular weight is 614 g/mol. The quantitative estimate of drug-likeness (QED) is 0.111. The van der Waals surface area contributed by atoms with Crippen LogP contribution in [0.4, 0.5) is 0 Å². The molecule has 7 amide bonds. The number of carbonyl (C=O) groups excluding carboxylic acids is 7. The number of nitrogens with one attached hydrogen (secondary N) is 5. The molecular formula is C28H35N7O9. The number of amides is 7. The SMILES string of the molecule is N[C@H]1CO[C@H]2[C@@H]1OC[C@@H]2NC(=O)CNC(=O)[C@H](Cc1ccccc1)NC(=O)CNC(=O)CNC(=O)CCN1C(=O)C=CC1=O. The van der Waals surface area contributed by atoms with Gasteiger partial charge in [0.1, 0.15) is 18.2 Å². The summed E-state index contributed by atoms with van der Waals surface area (Å²) in [6.45, 7) is -0.845. The summed E-state index contributed by atoms with van der Waals surface area (Å²) in [5.41, 5.74) is 6.69. The number of hydrogen-bond donors (Lipinski definition) is 6. The molecule has 3 aliphatic heterocycles. The number of ether oxygens (including phenoxy) is 2. The van der Waals surface area contributed by atoms with E-state index >= 15 is 0 Å². The fraction of sp³-hybridized carbons (Fsp3) is 0.464. The third-order valence-corrected chi connectivity index (χ3v) is 7.15. The van der Waals surface area contributed by atoms with Gasteiger partial charge in [0, 0.05) is 31.5 Å². The monoisotopic (exact) mass is 613 g/mol. The Labute approximate surface area is 252 Å². The highest BCUT2D eigenvalue weighted by molar-refractivity contribution is 6.13. The number of nitrogens with zero attached hydrogens (tertiary/aromatic N) is 1. The number of rotatable bonds is 14. The molecule has 0 spiro atoms. The van der Waals surface area contributed by atoms with Crippen LogP contribution in [0.25, 0.3) is 0 Å². The molecule has 3 heterocycles. The first-order valence-corrected chi connectivity index (χ1v) is 14.1. The summed E-state index contributed by atoms with van der Waals surface area (Å²) in [4.78, 5) is 86.3. The molecule has 0 saturated carbocycles. The zero-order chi connectivity index (χ0) is 31.6. The van der Waals surface area contributed by atoms with Gasteiger partial charge in [0.25, 0.3) is 11.8 Å². The molecule has 0 radical (unpaired) electrons. The van der Waals surface area contributed by atoms with Gasteiger partial charge in [-0.2, -0.15) is 0 Å². The van der Waals surface area contributed by atoms with Gasteiger partial charge in [-0.1, -0.05) is 30.3 Å². The van der Waals surface area contributed by atoms with Gasteiger partial charge >= 0.3 is 0 Å². The van der Waals surface area contributed by atoms with Crippen molar-refractivity contribution in [3.63, 3.8) is 0 Å². The lowest BCUT2D eigenvalue weighted by Gasteiger charge is -2.20. The number of carbonyl (C=O) groups is 7. The van der Waals surface area contributed by atoms with Crippen LogP contribution < -0.4 is 32.3 Å². The molecule has 4 rings (SSSR count). The summed E-state index contributed by atoms with van der Waals surface area (Å²) >= 11 is 0. The summed E-state index contributed by atoms with van der Waals surface area (Å²) in [6.07, 6.45) is 1.47. The van der Waals surface area contributed by atoms with E-state index < -0.39 is 66.5 Å². The highest BCUT2D eigenvalue weighted by Gasteiger charge is 2.46. The van der Waals surface area contributed by atoms with Gasteiger partial charge in [0.05, 0.1) is 44.9 Å². The Morgan fingerprint density at radius 3 is 2.18 bits per heavy atom. The number of benzene rings is 1. The van der Waals surface area contributed by atoms with E-state index in [-0.39, 0.29) is 50.8 Å². The van der Waals surface area contributed by atoms with Crippen LogP contribution in [-0.2, 0) is 49.5 Å². The number of nitrogens with two attached hydrogens (primary N) is 1. The van der Waals surface area contributed by atoms with Crippen molar-refractivity contribution in [3.05, 3.63) is 48.0 Å². The van der Waals surface area contributed by atoms with Gasteiger partial charge in [-0.15, -0.1) is 0 Å². The zero-order valence-corrected chi connectivity index (χ0v) is 23.8. The van der Waals surface area contributed by atoms with Gasteiger partial charge in [-0.25, -0.2) is 0 Å². The van der Waals surface area contributed by atoms with Crippen LogP contribution in [0.15, 0.2) is 42.5 Å². The Morgan fingerprint density at radius 2 is 1.45 bits per heavy atom. The van der Waals surface area contributed by atoms with E-state index in [1.165, 1.54) is 0 Å². The van der Waals surface area contributed by atoms with Crippen LogP contribution in [0.3, 0.4) is 0 Å². The Hall–Kier alpha value is -4.67. The van der Waals surface area contributed by atoms with Crippen molar-refractivity contribution in [2.24, 2.45) is 5.73 Å². The predicted molar refractivity (Wildman–Crippen MR) is 151 cm³/mol. The van der Waals surface area contributed by atoms with Gasteiger partial charge in [-0.05, 0) is 5.56 Å². The number of hydrogen-bond acceptors (Lipinski definition) is 10. The fourth-order valence-corrected chi connectivity index (χ4v) is 4.88. The van der Waals surface area contributed by atoms with Gasteiger partial charge in [0.15, 0.2) is 0 Å². The highest BCUT2D eigenvalue weighted by atomic mass is 16.6. The van der Waals surface area contributed by atoms with Crippen LogP contribution in [0, 0.1) is 0 Å². The van der Waals surface area contributed by atoms with Crippen molar-refractivity contribution < 1.29 is 43.0 Å². The van der Waals surface area contributed by atoms with Crippen molar-refractivity contribution >= 4 is 41.4 Å². The minimum atomic E-state index is -1.06. The topological polar surface area (TPSA) is 227 Å². The van der Waals surface area contributed by atoms with E-state index in [1.807, 2.05) is 0 Å². The molecule has 7 N–H and O–H groups in total.